The predicted molar refractivity (Wildman–Crippen MR) is 67.3 cm³/mol. The number of anilines is 1. The highest BCUT2D eigenvalue weighted by molar-refractivity contribution is 9.11. The quantitative estimate of drug-likeness (QED) is 0.921. The van der Waals surface area contributed by atoms with E-state index in [1.54, 1.807) is 22.7 Å². The van der Waals surface area contributed by atoms with Crippen molar-refractivity contribution in [3.05, 3.63) is 21.3 Å². The van der Waals surface area contributed by atoms with Crippen LogP contribution in [0.5, 0.6) is 0 Å². The normalized spacial score (nSPS) is 10.4. The number of thiophene rings is 1. The highest BCUT2D eigenvalue weighted by Crippen LogP contribution is 2.32. The molecule has 0 unspecified atom stereocenters. The lowest BCUT2D eigenvalue weighted by Gasteiger charge is -1.93. The van der Waals surface area contributed by atoms with Crippen molar-refractivity contribution < 1.29 is 0 Å². The molecular formula is C9H9BrN2S2. The molecule has 0 saturated heterocycles. The third kappa shape index (κ3) is 2.16. The van der Waals surface area contributed by atoms with Gasteiger partial charge in [0.1, 0.15) is 0 Å². The average molecular weight is 289 g/mol. The summed E-state index contributed by atoms with van der Waals surface area (Å²) in [5.41, 5.74) is 1.06. The molecule has 1 N–H and O–H groups in total. The molecule has 2 nitrogen and oxygen atoms in total. The largest absolute Gasteiger partial charge is 0.362 e. The van der Waals surface area contributed by atoms with Crippen molar-refractivity contribution in [2.45, 2.75) is 6.92 Å². The van der Waals surface area contributed by atoms with Crippen LogP contribution in [0.3, 0.4) is 0 Å². The molecule has 0 aliphatic carbocycles. The molecule has 0 fully saturated rings. The van der Waals surface area contributed by atoms with E-state index < -0.39 is 0 Å². The van der Waals surface area contributed by atoms with Crippen molar-refractivity contribution in [3.8, 4) is 10.6 Å². The minimum atomic E-state index is 0.918. The maximum Gasteiger partial charge on any atom is 0.183 e. The van der Waals surface area contributed by atoms with Gasteiger partial charge in [0.25, 0.3) is 0 Å². The van der Waals surface area contributed by atoms with E-state index in [-0.39, 0.29) is 0 Å². The molecule has 0 spiro atoms. The molecule has 0 aliphatic heterocycles. The van der Waals surface area contributed by atoms with E-state index in [1.165, 1.54) is 4.88 Å². The zero-order chi connectivity index (χ0) is 9.97. The fraction of sp³-hybridized carbons (Fsp3) is 0.222. The van der Waals surface area contributed by atoms with Crippen molar-refractivity contribution in [2.75, 3.05) is 11.9 Å². The SMILES string of the molecule is CCNc1nc(-c2ccc(Br)s2)cs1. The van der Waals surface area contributed by atoms with Gasteiger partial charge in [-0.05, 0) is 35.0 Å². The van der Waals surface area contributed by atoms with E-state index in [2.05, 4.69) is 44.6 Å². The van der Waals surface area contributed by atoms with Crippen LogP contribution in [0, 0.1) is 0 Å². The Hall–Kier alpha value is -0.390. The summed E-state index contributed by atoms with van der Waals surface area (Å²) in [6, 6.07) is 4.13. The molecule has 2 heterocycles. The maximum atomic E-state index is 4.48. The Morgan fingerprint density at radius 1 is 1.50 bits per heavy atom. The lowest BCUT2D eigenvalue weighted by atomic mass is 10.4. The Balaban J connectivity index is 2.24. The first-order chi connectivity index (χ1) is 6.79. The van der Waals surface area contributed by atoms with Gasteiger partial charge >= 0.3 is 0 Å². The Morgan fingerprint density at radius 2 is 2.36 bits per heavy atom. The summed E-state index contributed by atoms with van der Waals surface area (Å²) >= 11 is 6.80. The minimum absolute atomic E-state index is 0.918. The van der Waals surface area contributed by atoms with Crippen LogP contribution in [0.1, 0.15) is 6.92 Å². The molecule has 5 heteroatoms. The smallest absolute Gasteiger partial charge is 0.183 e. The first-order valence-electron chi connectivity index (χ1n) is 4.24. The summed E-state index contributed by atoms with van der Waals surface area (Å²) in [5, 5.41) is 6.28. The molecule has 0 saturated carbocycles. The average Bonchev–Trinajstić information content (AvgIpc) is 2.74. The van der Waals surface area contributed by atoms with Crippen molar-refractivity contribution in [2.24, 2.45) is 0 Å². The number of halogens is 1. The van der Waals surface area contributed by atoms with Crippen molar-refractivity contribution in [1.29, 1.82) is 0 Å². The second-order valence-corrected chi connectivity index (χ2v) is 5.99. The molecule has 0 amide bonds. The molecular weight excluding hydrogens is 280 g/mol. The molecule has 0 atom stereocenters. The van der Waals surface area contributed by atoms with Crippen LogP contribution in [0.15, 0.2) is 21.3 Å². The van der Waals surface area contributed by atoms with Crippen LogP contribution in [-0.2, 0) is 0 Å². The van der Waals surface area contributed by atoms with Gasteiger partial charge in [0.2, 0.25) is 0 Å². The number of hydrogen-bond acceptors (Lipinski definition) is 4. The van der Waals surface area contributed by atoms with Gasteiger partial charge in [0.15, 0.2) is 5.13 Å². The topological polar surface area (TPSA) is 24.9 Å². The summed E-state index contributed by atoms with van der Waals surface area (Å²) < 4.78 is 1.14. The predicted octanol–water partition coefficient (Wildman–Crippen LogP) is 4.07. The zero-order valence-corrected chi connectivity index (χ0v) is 10.8. The Kier molecular flexibility index (Phi) is 3.20. The van der Waals surface area contributed by atoms with Gasteiger partial charge in [0.05, 0.1) is 14.4 Å². The van der Waals surface area contributed by atoms with Crippen LogP contribution in [0.2, 0.25) is 0 Å². The fourth-order valence-corrected chi connectivity index (χ4v) is 3.27. The van der Waals surface area contributed by atoms with Crippen LogP contribution in [0.25, 0.3) is 10.6 Å². The minimum Gasteiger partial charge on any atom is -0.362 e. The van der Waals surface area contributed by atoms with Gasteiger partial charge in [-0.25, -0.2) is 4.98 Å². The van der Waals surface area contributed by atoms with Gasteiger partial charge in [-0.3, -0.25) is 0 Å². The number of nitrogens with one attached hydrogen (secondary N) is 1. The van der Waals surface area contributed by atoms with Gasteiger partial charge in [-0.1, -0.05) is 0 Å². The van der Waals surface area contributed by atoms with Gasteiger partial charge in [-0.15, -0.1) is 22.7 Å². The number of thiazole rings is 1. The summed E-state index contributed by atoms with van der Waals surface area (Å²) in [5.74, 6) is 0. The molecule has 14 heavy (non-hydrogen) atoms. The lowest BCUT2D eigenvalue weighted by Crippen LogP contribution is -1.94. The molecule has 0 aromatic carbocycles. The van der Waals surface area contributed by atoms with E-state index in [0.717, 1.165) is 21.2 Å². The fourth-order valence-electron chi connectivity index (χ4n) is 1.07. The monoisotopic (exact) mass is 288 g/mol. The van der Waals surface area contributed by atoms with Gasteiger partial charge in [-0.2, -0.15) is 0 Å². The van der Waals surface area contributed by atoms with E-state index in [1.807, 2.05) is 6.07 Å². The van der Waals surface area contributed by atoms with Crippen LogP contribution in [0.4, 0.5) is 5.13 Å². The van der Waals surface area contributed by atoms with Crippen LogP contribution < -0.4 is 5.32 Å². The second-order valence-electron chi connectivity index (χ2n) is 2.67. The molecule has 2 aromatic rings. The van der Waals surface area contributed by atoms with Crippen LogP contribution >= 0.6 is 38.6 Å². The molecule has 2 aromatic heterocycles. The number of rotatable bonds is 3. The highest BCUT2D eigenvalue weighted by atomic mass is 79.9. The Bertz CT molecular complexity index is 422. The van der Waals surface area contributed by atoms with Gasteiger partial charge < -0.3 is 5.32 Å². The number of aromatic nitrogens is 1. The van der Waals surface area contributed by atoms with E-state index >= 15 is 0 Å². The molecule has 2 rings (SSSR count). The number of nitrogens with zero attached hydrogens (tertiary/aromatic N) is 1. The molecule has 0 bridgehead atoms. The summed E-state index contributed by atoms with van der Waals surface area (Å²) in [7, 11) is 0. The molecule has 74 valence electrons. The first-order valence-corrected chi connectivity index (χ1v) is 6.73. The third-order valence-electron chi connectivity index (χ3n) is 1.66. The van der Waals surface area contributed by atoms with E-state index in [4.69, 9.17) is 0 Å². The Morgan fingerprint density at radius 3 is 3.00 bits per heavy atom. The van der Waals surface area contributed by atoms with Crippen molar-refractivity contribution in [3.63, 3.8) is 0 Å². The zero-order valence-electron chi connectivity index (χ0n) is 7.58. The van der Waals surface area contributed by atoms with E-state index in [0.29, 0.717) is 0 Å². The first kappa shape index (κ1) is 10.1. The number of hydrogen-bond donors (Lipinski definition) is 1. The summed E-state index contributed by atoms with van der Waals surface area (Å²) in [6.07, 6.45) is 0. The van der Waals surface area contributed by atoms with Crippen molar-refractivity contribution in [1.82, 2.24) is 4.98 Å². The Labute approximate surface area is 99.1 Å². The van der Waals surface area contributed by atoms with Crippen LogP contribution in [-0.4, -0.2) is 11.5 Å². The molecule has 0 radical (unpaired) electrons. The third-order valence-corrected chi connectivity index (χ3v) is 4.10. The molecule has 0 aliphatic rings. The highest BCUT2D eigenvalue weighted by Gasteiger charge is 2.05. The van der Waals surface area contributed by atoms with Gasteiger partial charge in [0, 0.05) is 11.9 Å². The lowest BCUT2D eigenvalue weighted by molar-refractivity contribution is 1.19. The summed E-state index contributed by atoms with van der Waals surface area (Å²) in [4.78, 5) is 5.69. The summed E-state index contributed by atoms with van der Waals surface area (Å²) in [6.45, 7) is 2.99. The van der Waals surface area contributed by atoms with Crippen molar-refractivity contribution >= 4 is 43.7 Å². The van der Waals surface area contributed by atoms with E-state index in [9.17, 15) is 0 Å². The maximum absolute atomic E-state index is 4.48. The standard InChI is InChI=1S/C9H9BrN2S2/c1-2-11-9-12-6(5-13-9)7-3-4-8(10)14-7/h3-5H,2H2,1H3,(H,11,12). The second kappa shape index (κ2) is 4.42.